The summed E-state index contributed by atoms with van der Waals surface area (Å²) in [6, 6.07) is 7.18. The van der Waals surface area contributed by atoms with Crippen molar-refractivity contribution in [2.24, 2.45) is 4.99 Å². The molecule has 1 atom stereocenters. The lowest BCUT2D eigenvalue weighted by Gasteiger charge is -1.92. The molecule has 0 aliphatic carbocycles. The number of rotatable bonds is 1. The van der Waals surface area contributed by atoms with Gasteiger partial charge in [-0.3, -0.25) is 4.99 Å². The summed E-state index contributed by atoms with van der Waals surface area (Å²) in [5, 5.41) is 2.06. The Bertz CT molecular complexity index is 573. The van der Waals surface area contributed by atoms with Gasteiger partial charge in [-0.1, -0.05) is 0 Å². The van der Waals surface area contributed by atoms with E-state index in [-0.39, 0.29) is 5.82 Å². The Kier molecular flexibility index (Phi) is 2.24. The number of hydrogen-bond donors (Lipinski definition) is 1. The van der Waals surface area contributed by atoms with Gasteiger partial charge >= 0.3 is 0 Å². The molecule has 0 amide bonds. The maximum absolute atomic E-state index is 13.0. The van der Waals surface area contributed by atoms with Crippen molar-refractivity contribution in [1.29, 1.82) is 0 Å². The molecule has 1 aliphatic heterocycles. The summed E-state index contributed by atoms with van der Waals surface area (Å²) in [6.45, 7) is 2.10. The van der Waals surface area contributed by atoms with Gasteiger partial charge in [0.2, 0.25) is 0 Å². The Labute approximate surface area is 97.0 Å². The summed E-state index contributed by atoms with van der Waals surface area (Å²) in [5.74, 6) is 0.814. The minimum atomic E-state index is -0.213. The molecular weight excluding hydrogens is 223 g/mol. The van der Waals surface area contributed by atoms with Crippen LogP contribution in [-0.2, 0) is 0 Å². The molecule has 1 aromatic carbocycles. The number of aromatic amines is 1. The molecule has 82 valence electrons. The molecule has 2 nitrogen and oxygen atoms in total. The van der Waals surface area contributed by atoms with Crippen LogP contribution in [0.25, 0.3) is 10.9 Å². The van der Waals surface area contributed by atoms with E-state index < -0.39 is 0 Å². The summed E-state index contributed by atoms with van der Waals surface area (Å²) < 4.78 is 13.0. The Morgan fingerprint density at radius 1 is 1.44 bits per heavy atom. The van der Waals surface area contributed by atoms with Gasteiger partial charge in [0.25, 0.3) is 0 Å². The van der Waals surface area contributed by atoms with Gasteiger partial charge in [0.05, 0.1) is 11.7 Å². The first-order valence-electron chi connectivity index (χ1n) is 5.21. The van der Waals surface area contributed by atoms with Crippen molar-refractivity contribution in [3.63, 3.8) is 0 Å². The van der Waals surface area contributed by atoms with Gasteiger partial charge in [-0.05, 0) is 31.2 Å². The molecule has 0 bridgehead atoms. The van der Waals surface area contributed by atoms with E-state index in [2.05, 4.69) is 16.9 Å². The second-order valence-electron chi connectivity index (χ2n) is 4.01. The number of thioether (sulfide) groups is 1. The van der Waals surface area contributed by atoms with Gasteiger partial charge < -0.3 is 4.98 Å². The van der Waals surface area contributed by atoms with E-state index in [0.29, 0.717) is 6.04 Å². The molecule has 1 aliphatic rings. The van der Waals surface area contributed by atoms with E-state index in [4.69, 9.17) is 0 Å². The van der Waals surface area contributed by atoms with E-state index in [9.17, 15) is 4.39 Å². The fourth-order valence-electron chi connectivity index (χ4n) is 1.84. The summed E-state index contributed by atoms with van der Waals surface area (Å²) in [4.78, 5) is 7.74. The summed E-state index contributed by atoms with van der Waals surface area (Å²) in [6.07, 6.45) is 0. The van der Waals surface area contributed by atoms with Crippen LogP contribution >= 0.6 is 11.8 Å². The van der Waals surface area contributed by atoms with Crippen molar-refractivity contribution in [3.05, 3.63) is 35.8 Å². The van der Waals surface area contributed by atoms with E-state index >= 15 is 0 Å². The second kappa shape index (κ2) is 3.63. The van der Waals surface area contributed by atoms with Crippen molar-refractivity contribution in [2.45, 2.75) is 13.0 Å². The van der Waals surface area contributed by atoms with Crippen molar-refractivity contribution in [3.8, 4) is 0 Å². The highest BCUT2D eigenvalue weighted by Crippen LogP contribution is 2.25. The van der Waals surface area contributed by atoms with Crippen LogP contribution in [0.4, 0.5) is 4.39 Å². The van der Waals surface area contributed by atoms with Crippen LogP contribution in [0.15, 0.2) is 29.3 Å². The maximum atomic E-state index is 13.0. The zero-order valence-corrected chi connectivity index (χ0v) is 9.64. The Morgan fingerprint density at radius 2 is 2.31 bits per heavy atom. The third-order valence-electron chi connectivity index (χ3n) is 2.61. The van der Waals surface area contributed by atoms with Crippen molar-refractivity contribution in [1.82, 2.24) is 4.98 Å². The van der Waals surface area contributed by atoms with E-state index in [1.165, 1.54) is 12.1 Å². The number of aromatic nitrogens is 1. The topological polar surface area (TPSA) is 28.1 Å². The van der Waals surface area contributed by atoms with Crippen molar-refractivity contribution in [2.75, 3.05) is 5.75 Å². The third-order valence-corrected chi connectivity index (χ3v) is 3.86. The minimum Gasteiger partial charge on any atom is -0.353 e. The first-order chi connectivity index (χ1) is 7.72. The zero-order chi connectivity index (χ0) is 11.1. The predicted molar refractivity (Wildman–Crippen MR) is 66.7 cm³/mol. The molecular formula is C12H11FN2S. The number of benzene rings is 1. The molecule has 1 N–H and O–H groups in total. The number of hydrogen-bond acceptors (Lipinski definition) is 2. The fraction of sp³-hybridized carbons (Fsp3) is 0.250. The van der Waals surface area contributed by atoms with Crippen molar-refractivity contribution < 1.29 is 4.39 Å². The normalized spacial score (nSPS) is 20.4. The molecule has 0 fully saturated rings. The molecule has 3 rings (SSSR count). The molecule has 0 saturated heterocycles. The summed E-state index contributed by atoms with van der Waals surface area (Å²) in [5.41, 5.74) is 1.83. The van der Waals surface area contributed by atoms with Crippen LogP contribution < -0.4 is 0 Å². The van der Waals surface area contributed by atoms with Crippen LogP contribution in [0.2, 0.25) is 0 Å². The van der Waals surface area contributed by atoms with Gasteiger partial charge in [0.15, 0.2) is 0 Å². The maximum Gasteiger partial charge on any atom is 0.125 e. The Balaban J connectivity index is 2.09. The number of nitrogens with zero attached hydrogens (tertiary/aromatic N) is 1. The fourth-order valence-corrected chi connectivity index (χ4v) is 2.83. The molecule has 0 radical (unpaired) electrons. The highest BCUT2D eigenvalue weighted by atomic mass is 32.2. The molecule has 4 heteroatoms. The number of halogens is 1. The average molecular weight is 234 g/mol. The first kappa shape index (κ1) is 9.90. The lowest BCUT2D eigenvalue weighted by molar-refractivity contribution is 0.629. The minimum absolute atomic E-state index is 0.213. The van der Waals surface area contributed by atoms with E-state index in [1.54, 1.807) is 17.8 Å². The predicted octanol–water partition coefficient (Wildman–Crippen LogP) is 3.19. The van der Waals surface area contributed by atoms with Gasteiger partial charge in [-0.15, -0.1) is 11.8 Å². The lowest BCUT2D eigenvalue weighted by Crippen LogP contribution is -1.93. The van der Waals surface area contributed by atoms with Gasteiger partial charge in [-0.2, -0.15) is 0 Å². The molecule has 0 saturated carbocycles. The SMILES string of the molecule is CC1CSC(c2cc3ccc(F)cc3[nH]2)=N1. The van der Waals surface area contributed by atoms with Crippen LogP contribution in [0.5, 0.6) is 0 Å². The lowest BCUT2D eigenvalue weighted by atomic mass is 10.2. The van der Waals surface area contributed by atoms with Gasteiger partial charge in [0, 0.05) is 16.7 Å². The van der Waals surface area contributed by atoms with Crippen LogP contribution in [0.1, 0.15) is 12.6 Å². The zero-order valence-electron chi connectivity index (χ0n) is 8.83. The van der Waals surface area contributed by atoms with E-state index in [0.717, 1.165) is 27.4 Å². The largest absolute Gasteiger partial charge is 0.353 e. The van der Waals surface area contributed by atoms with Crippen LogP contribution in [0, 0.1) is 5.82 Å². The molecule has 1 unspecified atom stereocenters. The van der Waals surface area contributed by atoms with Crippen LogP contribution in [-0.4, -0.2) is 21.8 Å². The highest BCUT2D eigenvalue weighted by Gasteiger charge is 2.17. The van der Waals surface area contributed by atoms with Crippen molar-refractivity contribution >= 4 is 27.7 Å². The Hall–Kier alpha value is -1.29. The van der Waals surface area contributed by atoms with Gasteiger partial charge in [-0.25, -0.2) is 4.39 Å². The molecule has 0 spiro atoms. The van der Waals surface area contributed by atoms with Gasteiger partial charge in [0.1, 0.15) is 10.9 Å². The second-order valence-corrected chi connectivity index (χ2v) is 5.02. The third kappa shape index (κ3) is 1.63. The quantitative estimate of drug-likeness (QED) is 0.806. The molecule has 16 heavy (non-hydrogen) atoms. The average Bonchev–Trinajstić information content (AvgIpc) is 2.83. The monoisotopic (exact) mass is 234 g/mol. The molecule has 2 heterocycles. The first-order valence-corrected chi connectivity index (χ1v) is 6.20. The number of nitrogens with one attached hydrogen (secondary N) is 1. The number of fused-ring (bicyclic) bond motifs is 1. The number of aliphatic imine (C=N–C) groups is 1. The number of H-pyrrole nitrogens is 1. The summed E-state index contributed by atoms with van der Waals surface area (Å²) >= 11 is 1.75. The standard InChI is InChI=1S/C12H11FN2S/c1-7-6-16-12(14-7)11-4-8-2-3-9(13)5-10(8)15-11/h2-5,7,15H,6H2,1H3. The molecule has 2 aromatic rings. The van der Waals surface area contributed by atoms with Crippen LogP contribution in [0.3, 0.4) is 0 Å². The highest BCUT2D eigenvalue weighted by molar-refractivity contribution is 8.14. The van der Waals surface area contributed by atoms with E-state index in [1.807, 2.05) is 6.07 Å². The Morgan fingerprint density at radius 3 is 3.06 bits per heavy atom. The smallest absolute Gasteiger partial charge is 0.125 e. The summed E-state index contributed by atoms with van der Waals surface area (Å²) in [7, 11) is 0. The molecule has 1 aromatic heterocycles.